The molecule has 2 rings (SSSR count). The van der Waals surface area contributed by atoms with E-state index in [-0.39, 0.29) is 28.8 Å². The number of benzene rings is 1. The zero-order valence-electron chi connectivity index (χ0n) is 15.6. The molecule has 1 aromatic carbocycles. The van der Waals surface area contributed by atoms with Crippen LogP contribution in [0.2, 0.25) is 0 Å². The summed E-state index contributed by atoms with van der Waals surface area (Å²) < 4.78 is 9.87. The number of amides is 1. The third-order valence-corrected chi connectivity index (χ3v) is 4.53. The van der Waals surface area contributed by atoms with E-state index in [1.165, 1.54) is 0 Å². The molecule has 0 saturated heterocycles. The van der Waals surface area contributed by atoms with E-state index in [9.17, 15) is 14.4 Å². The molecule has 9 nitrogen and oxygen atoms in total. The summed E-state index contributed by atoms with van der Waals surface area (Å²) in [6.07, 6.45) is 0. The van der Waals surface area contributed by atoms with Crippen molar-refractivity contribution in [1.82, 2.24) is 4.98 Å². The molecule has 0 radical (unpaired) electrons. The fraction of sp³-hybridized carbons (Fsp3) is 0.278. The molecule has 0 atom stereocenters. The molecule has 10 heteroatoms. The maximum absolute atomic E-state index is 11.9. The Morgan fingerprint density at radius 2 is 1.71 bits per heavy atom. The minimum Gasteiger partial charge on any atom is -0.462 e. The number of aryl methyl sites for hydroxylation is 1. The molecule has 0 aliphatic carbocycles. The summed E-state index contributed by atoms with van der Waals surface area (Å²) in [7, 11) is 0. The van der Waals surface area contributed by atoms with Crippen LogP contribution in [0.3, 0.4) is 0 Å². The molecule has 0 bridgehead atoms. The number of primary amides is 1. The van der Waals surface area contributed by atoms with Gasteiger partial charge in [-0.3, -0.25) is 10.2 Å². The zero-order valence-corrected chi connectivity index (χ0v) is 16.5. The number of hydrogen-bond acceptors (Lipinski definition) is 9. The monoisotopic (exact) mass is 404 g/mol. The quantitative estimate of drug-likeness (QED) is 0.391. The number of rotatable bonds is 8. The Hall–Kier alpha value is -3.27. The van der Waals surface area contributed by atoms with Crippen LogP contribution in [0, 0.1) is 6.92 Å². The van der Waals surface area contributed by atoms with E-state index in [0.717, 1.165) is 11.3 Å². The Morgan fingerprint density at radius 1 is 1.11 bits per heavy atom. The van der Waals surface area contributed by atoms with E-state index in [1.54, 1.807) is 45.0 Å². The molecule has 0 aliphatic rings. The number of hydrazone groups is 1. The lowest BCUT2D eigenvalue weighted by atomic mass is 10.2. The smallest absolute Gasteiger partial charge is 0.350 e. The van der Waals surface area contributed by atoms with Crippen LogP contribution < -0.4 is 11.2 Å². The van der Waals surface area contributed by atoms with Gasteiger partial charge in [0.15, 0.2) is 5.71 Å². The maximum Gasteiger partial charge on any atom is 0.350 e. The van der Waals surface area contributed by atoms with E-state index in [0.29, 0.717) is 16.9 Å². The highest BCUT2D eigenvalue weighted by Gasteiger charge is 2.22. The van der Waals surface area contributed by atoms with Crippen molar-refractivity contribution in [2.75, 3.05) is 18.6 Å². The molecular weight excluding hydrogens is 384 g/mol. The minimum atomic E-state index is -0.806. The van der Waals surface area contributed by atoms with E-state index in [4.69, 9.17) is 15.2 Å². The molecule has 0 saturated carbocycles. The number of hydrogen-bond donors (Lipinski definition) is 2. The molecule has 28 heavy (non-hydrogen) atoms. The molecule has 0 fully saturated rings. The first-order valence-electron chi connectivity index (χ1n) is 8.42. The molecule has 0 unspecified atom stereocenters. The second kappa shape index (κ2) is 9.60. The highest BCUT2D eigenvalue weighted by atomic mass is 32.1. The van der Waals surface area contributed by atoms with Crippen LogP contribution in [0.5, 0.6) is 0 Å². The first kappa shape index (κ1) is 21.0. The molecule has 1 amide bonds. The van der Waals surface area contributed by atoms with Crippen molar-refractivity contribution in [2.24, 2.45) is 10.8 Å². The Kier molecular flexibility index (Phi) is 7.21. The van der Waals surface area contributed by atoms with Crippen molar-refractivity contribution in [2.45, 2.75) is 20.8 Å². The summed E-state index contributed by atoms with van der Waals surface area (Å²) in [5.74, 6) is -1.75. The van der Waals surface area contributed by atoms with Crippen LogP contribution >= 0.6 is 11.3 Å². The molecule has 1 heterocycles. The van der Waals surface area contributed by atoms with Crippen molar-refractivity contribution < 1.29 is 23.9 Å². The Labute approximate surface area is 165 Å². The topological polar surface area (TPSA) is 133 Å². The van der Waals surface area contributed by atoms with Crippen LogP contribution in [0.4, 0.5) is 5.69 Å². The van der Waals surface area contributed by atoms with Gasteiger partial charge >= 0.3 is 11.9 Å². The van der Waals surface area contributed by atoms with E-state index in [2.05, 4.69) is 15.5 Å². The lowest BCUT2D eigenvalue weighted by Gasteiger charge is -2.05. The molecule has 0 spiro atoms. The van der Waals surface area contributed by atoms with Gasteiger partial charge in [-0.15, -0.1) is 11.3 Å². The van der Waals surface area contributed by atoms with Crippen molar-refractivity contribution in [3.05, 3.63) is 45.4 Å². The number of nitrogens with two attached hydrogens (primary N) is 1. The molecule has 1 aromatic heterocycles. The second-order valence-electron chi connectivity index (χ2n) is 5.39. The van der Waals surface area contributed by atoms with Gasteiger partial charge in [-0.05, 0) is 45.0 Å². The normalized spacial score (nSPS) is 11.0. The van der Waals surface area contributed by atoms with Crippen LogP contribution in [0.15, 0.2) is 29.4 Å². The number of carbonyl (C=O) groups excluding carboxylic acids is 3. The summed E-state index contributed by atoms with van der Waals surface area (Å²) in [5, 5.41) is 4.20. The number of anilines is 1. The van der Waals surface area contributed by atoms with E-state index < -0.39 is 17.8 Å². The molecule has 0 aliphatic heterocycles. The molecule has 2 aromatic rings. The number of carbonyl (C=O) groups is 3. The maximum atomic E-state index is 11.9. The summed E-state index contributed by atoms with van der Waals surface area (Å²) in [4.78, 5) is 39.8. The highest BCUT2D eigenvalue weighted by molar-refractivity contribution is 7.16. The van der Waals surface area contributed by atoms with Crippen LogP contribution in [0.1, 0.15) is 44.6 Å². The fourth-order valence-electron chi connectivity index (χ4n) is 2.11. The van der Waals surface area contributed by atoms with Crippen molar-refractivity contribution >= 4 is 40.6 Å². The number of thiazole rings is 1. The van der Waals surface area contributed by atoms with Gasteiger partial charge in [0.05, 0.1) is 30.2 Å². The summed E-state index contributed by atoms with van der Waals surface area (Å²) in [6.45, 7) is 5.56. The van der Waals surface area contributed by atoms with Crippen LogP contribution in [-0.2, 0) is 14.3 Å². The fourth-order valence-corrected chi connectivity index (χ4v) is 3.06. The van der Waals surface area contributed by atoms with Gasteiger partial charge in [-0.25, -0.2) is 14.6 Å². The average molecular weight is 404 g/mol. The van der Waals surface area contributed by atoms with Crippen molar-refractivity contribution in [1.29, 1.82) is 0 Å². The largest absolute Gasteiger partial charge is 0.462 e. The van der Waals surface area contributed by atoms with Crippen LogP contribution in [-0.4, -0.2) is 41.8 Å². The summed E-state index contributed by atoms with van der Waals surface area (Å²) in [5.41, 5.74) is 9.30. The van der Waals surface area contributed by atoms with E-state index in [1.807, 2.05) is 0 Å². The summed E-state index contributed by atoms with van der Waals surface area (Å²) >= 11 is 0.972. The Balaban J connectivity index is 2.22. The summed E-state index contributed by atoms with van der Waals surface area (Å²) in [6, 6.07) is 6.33. The third-order valence-electron chi connectivity index (χ3n) is 3.39. The number of nitrogens with zero attached hydrogens (tertiary/aromatic N) is 2. The highest BCUT2D eigenvalue weighted by Crippen LogP contribution is 2.20. The predicted molar refractivity (Wildman–Crippen MR) is 105 cm³/mol. The lowest BCUT2D eigenvalue weighted by Crippen LogP contribution is -2.25. The third kappa shape index (κ3) is 5.13. The number of esters is 2. The van der Waals surface area contributed by atoms with Crippen molar-refractivity contribution in [3.8, 4) is 0 Å². The van der Waals surface area contributed by atoms with Crippen LogP contribution in [0.25, 0.3) is 0 Å². The first-order chi connectivity index (χ1) is 13.4. The van der Waals surface area contributed by atoms with Gasteiger partial charge in [-0.1, -0.05) is 0 Å². The zero-order chi connectivity index (χ0) is 20.7. The van der Waals surface area contributed by atoms with Gasteiger partial charge in [0, 0.05) is 0 Å². The minimum absolute atomic E-state index is 0.127. The second-order valence-corrected chi connectivity index (χ2v) is 6.39. The van der Waals surface area contributed by atoms with Gasteiger partial charge in [0.1, 0.15) is 9.88 Å². The molecular formula is C18H20N4O5S. The van der Waals surface area contributed by atoms with E-state index >= 15 is 0 Å². The standard InChI is InChI=1S/C18H20N4O5S/c1-4-26-17(24)11-6-8-12(9-7-11)21-22-13(15(19)23)16-20-10(3)14(28-16)18(25)27-5-2/h6-9,21H,4-5H2,1-3H3,(H2,19,23)/b22-13-. The number of ether oxygens (including phenoxy) is 2. The Bertz CT molecular complexity index is 905. The Morgan fingerprint density at radius 3 is 2.29 bits per heavy atom. The van der Waals surface area contributed by atoms with Gasteiger partial charge in [-0.2, -0.15) is 5.10 Å². The molecule has 3 N–H and O–H groups in total. The number of nitrogens with one attached hydrogen (secondary N) is 1. The number of aromatic nitrogens is 1. The average Bonchev–Trinajstić information content (AvgIpc) is 3.04. The lowest BCUT2D eigenvalue weighted by molar-refractivity contribution is -0.111. The predicted octanol–water partition coefficient (Wildman–Crippen LogP) is 2.11. The SMILES string of the molecule is CCOC(=O)c1ccc(N/N=C(/C(N)=O)c2nc(C)c(C(=O)OCC)s2)cc1. The first-order valence-corrected chi connectivity index (χ1v) is 9.24. The van der Waals surface area contributed by atoms with Gasteiger partial charge < -0.3 is 15.2 Å². The molecule has 148 valence electrons. The van der Waals surface area contributed by atoms with Gasteiger partial charge in [0.2, 0.25) is 0 Å². The van der Waals surface area contributed by atoms with Gasteiger partial charge in [0.25, 0.3) is 5.91 Å². The van der Waals surface area contributed by atoms with Crippen molar-refractivity contribution in [3.63, 3.8) is 0 Å².